The number of nitrogens with zero attached hydrogens (tertiary/aromatic N) is 6. The van der Waals surface area contributed by atoms with Gasteiger partial charge in [-0.1, -0.05) is 0 Å². The van der Waals surface area contributed by atoms with Gasteiger partial charge in [-0.25, -0.2) is 19.9 Å². The molecule has 2 aromatic heterocycles. The van der Waals surface area contributed by atoms with Crippen LogP contribution in [0.2, 0.25) is 0 Å². The molecule has 4 atom stereocenters. The molecule has 2 aliphatic rings. The van der Waals surface area contributed by atoms with E-state index in [0.29, 0.717) is 17.0 Å². The van der Waals surface area contributed by atoms with E-state index in [0.717, 1.165) is 0 Å². The van der Waals surface area contributed by atoms with Crippen LogP contribution in [0.4, 0.5) is 5.82 Å². The van der Waals surface area contributed by atoms with Gasteiger partial charge in [0, 0.05) is 14.1 Å². The summed E-state index contributed by atoms with van der Waals surface area (Å²) in [4.78, 5) is 19.1. The van der Waals surface area contributed by atoms with Crippen molar-refractivity contribution < 1.29 is 19.3 Å². The Balaban J connectivity index is 1.72. The molecule has 0 saturated carbocycles. The molecule has 2 saturated heterocycles. The molecule has 10 nitrogen and oxygen atoms in total. The Bertz CT molecular complexity index is 835. The summed E-state index contributed by atoms with van der Waals surface area (Å²) in [5.41, 5.74) is 1.15. The number of rotatable bonds is 4. The predicted molar refractivity (Wildman–Crippen MR) is 92.0 cm³/mol. The third kappa shape index (κ3) is 2.84. The number of aliphatic hydroxyl groups is 1. The van der Waals surface area contributed by atoms with Gasteiger partial charge in [-0.15, -0.1) is 0 Å². The molecule has 10 heteroatoms. The van der Waals surface area contributed by atoms with Gasteiger partial charge in [-0.05, 0) is 13.8 Å². The summed E-state index contributed by atoms with van der Waals surface area (Å²) in [6, 6.07) is 0. The zero-order valence-corrected chi connectivity index (χ0v) is 15.1. The molecule has 0 radical (unpaired) electrons. The van der Waals surface area contributed by atoms with Crippen molar-refractivity contribution in [3.05, 3.63) is 12.7 Å². The van der Waals surface area contributed by atoms with Crippen molar-refractivity contribution in [2.24, 2.45) is 4.99 Å². The maximum absolute atomic E-state index is 9.64. The first-order chi connectivity index (χ1) is 12.4. The minimum atomic E-state index is -0.739. The lowest BCUT2D eigenvalue weighted by Gasteiger charge is -2.24. The van der Waals surface area contributed by atoms with E-state index in [1.54, 1.807) is 17.2 Å². The second-order valence-electron chi connectivity index (χ2n) is 7.04. The van der Waals surface area contributed by atoms with Crippen molar-refractivity contribution in [3.63, 3.8) is 0 Å². The van der Waals surface area contributed by atoms with Crippen LogP contribution < -0.4 is 0 Å². The molecule has 0 amide bonds. The fraction of sp³-hybridized carbons (Fsp3) is 0.625. The highest BCUT2D eigenvalue weighted by Gasteiger charge is 2.55. The number of aliphatic hydroxyl groups excluding tert-OH is 1. The topological polar surface area (TPSA) is 107 Å². The van der Waals surface area contributed by atoms with Gasteiger partial charge in [0.1, 0.15) is 24.6 Å². The largest absolute Gasteiger partial charge is 0.394 e. The average molecular weight is 362 g/mol. The first-order valence-corrected chi connectivity index (χ1v) is 8.40. The lowest BCUT2D eigenvalue weighted by Crippen LogP contribution is -2.31. The number of imidazole rings is 1. The zero-order chi connectivity index (χ0) is 18.5. The van der Waals surface area contributed by atoms with Crippen LogP contribution in [0.3, 0.4) is 0 Å². The third-order valence-electron chi connectivity index (χ3n) is 4.33. The Labute approximate surface area is 150 Å². The summed E-state index contributed by atoms with van der Waals surface area (Å²) in [6.45, 7) is 3.54. The van der Waals surface area contributed by atoms with E-state index in [1.165, 1.54) is 6.33 Å². The summed E-state index contributed by atoms with van der Waals surface area (Å²) >= 11 is 0. The zero-order valence-electron chi connectivity index (χ0n) is 15.1. The second kappa shape index (κ2) is 6.23. The van der Waals surface area contributed by atoms with E-state index in [2.05, 4.69) is 19.9 Å². The third-order valence-corrected chi connectivity index (χ3v) is 4.33. The van der Waals surface area contributed by atoms with E-state index >= 15 is 0 Å². The van der Waals surface area contributed by atoms with Crippen LogP contribution in [0.5, 0.6) is 0 Å². The van der Waals surface area contributed by atoms with Gasteiger partial charge in [0.05, 0.1) is 19.3 Å². The Hall–Kier alpha value is -2.14. The fourth-order valence-corrected chi connectivity index (χ4v) is 3.32. The van der Waals surface area contributed by atoms with Gasteiger partial charge in [-0.2, -0.15) is 0 Å². The van der Waals surface area contributed by atoms with Gasteiger partial charge >= 0.3 is 0 Å². The lowest BCUT2D eigenvalue weighted by atomic mass is 10.1. The number of aliphatic imine (C=N–C) groups is 1. The van der Waals surface area contributed by atoms with Crippen LogP contribution in [-0.2, 0) is 14.2 Å². The quantitative estimate of drug-likeness (QED) is 0.617. The molecule has 0 spiro atoms. The van der Waals surface area contributed by atoms with Crippen LogP contribution >= 0.6 is 0 Å². The van der Waals surface area contributed by atoms with Crippen molar-refractivity contribution in [3.8, 4) is 0 Å². The smallest absolute Gasteiger partial charge is 0.184 e. The standard InChI is InChI=1S/C16H22N6O4/c1-16(2)25-11-9(5-23)24-15(12(11)26-16)22-8-19-10-13(20-7-21(3)4)17-6-18-14(10)22/h6-9,11-12,15,23H,5H2,1-4H3/b20-7-/t9-,11?,12?,15-/m1/s1. The molecule has 4 heterocycles. The van der Waals surface area contributed by atoms with Crippen LogP contribution in [0.25, 0.3) is 11.2 Å². The van der Waals surface area contributed by atoms with E-state index in [4.69, 9.17) is 14.2 Å². The van der Waals surface area contributed by atoms with Crippen LogP contribution in [0, 0.1) is 0 Å². The van der Waals surface area contributed by atoms with Crippen LogP contribution in [0.1, 0.15) is 20.1 Å². The summed E-state index contributed by atoms with van der Waals surface area (Å²) in [5, 5.41) is 9.64. The van der Waals surface area contributed by atoms with Crippen molar-refractivity contribution >= 4 is 23.3 Å². The van der Waals surface area contributed by atoms with Crippen molar-refractivity contribution in [1.82, 2.24) is 24.4 Å². The van der Waals surface area contributed by atoms with Crippen molar-refractivity contribution in [1.29, 1.82) is 0 Å². The summed E-state index contributed by atoms with van der Waals surface area (Å²) < 4.78 is 19.7. The number of ether oxygens (including phenoxy) is 3. The Morgan fingerprint density at radius 1 is 1.27 bits per heavy atom. The molecule has 1 N–H and O–H groups in total. The number of aromatic nitrogens is 4. The first kappa shape index (κ1) is 17.3. The van der Waals surface area contributed by atoms with Crippen LogP contribution in [0.15, 0.2) is 17.6 Å². The highest BCUT2D eigenvalue weighted by molar-refractivity contribution is 5.82. The van der Waals surface area contributed by atoms with Gasteiger partial charge in [0.15, 0.2) is 29.0 Å². The van der Waals surface area contributed by atoms with Gasteiger partial charge in [0.25, 0.3) is 0 Å². The second-order valence-corrected chi connectivity index (χ2v) is 7.04. The maximum Gasteiger partial charge on any atom is 0.184 e. The SMILES string of the molecule is CN(C)/C=N\c1ncnc2c1ncn2[C@@H]1O[C@H](CO)C2OC(C)(C)OC21. The normalized spacial score (nSPS) is 30.3. The van der Waals surface area contributed by atoms with Crippen molar-refractivity contribution in [2.75, 3.05) is 20.7 Å². The van der Waals surface area contributed by atoms with E-state index in [1.807, 2.05) is 32.8 Å². The first-order valence-electron chi connectivity index (χ1n) is 8.40. The minimum absolute atomic E-state index is 0.156. The molecule has 0 aromatic carbocycles. The average Bonchev–Trinajstić information content (AvgIpc) is 3.23. The van der Waals surface area contributed by atoms with E-state index in [-0.39, 0.29) is 18.8 Å². The molecule has 26 heavy (non-hydrogen) atoms. The lowest BCUT2D eigenvalue weighted by molar-refractivity contribution is -0.199. The number of fused-ring (bicyclic) bond motifs is 2. The Kier molecular flexibility index (Phi) is 4.14. The molecular weight excluding hydrogens is 340 g/mol. The van der Waals surface area contributed by atoms with Gasteiger partial charge in [0.2, 0.25) is 0 Å². The molecule has 2 unspecified atom stereocenters. The molecule has 140 valence electrons. The molecule has 0 bridgehead atoms. The molecule has 4 rings (SSSR count). The van der Waals surface area contributed by atoms with E-state index < -0.39 is 18.1 Å². The monoisotopic (exact) mass is 362 g/mol. The highest BCUT2D eigenvalue weighted by Crippen LogP contribution is 2.43. The molecule has 2 aliphatic heterocycles. The Morgan fingerprint density at radius 3 is 2.77 bits per heavy atom. The summed E-state index contributed by atoms with van der Waals surface area (Å²) in [7, 11) is 3.75. The number of hydrogen-bond acceptors (Lipinski definition) is 8. The molecule has 2 fully saturated rings. The Morgan fingerprint density at radius 2 is 2.04 bits per heavy atom. The molecular formula is C16H22N6O4. The number of hydrogen-bond donors (Lipinski definition) is 1. The van der Waals surface area contributed by atoms with Gasteiger partial charge < -0.3 is 24.2 Å². The molecule has 0 aliphatic carbocycles. The predicted octanol–water partition coefficient (Wildman–Crippen LogP) is 0.457. The highest BCUT2D eigenvalue weighted by atomic mass is 16.8. The minimum Gasteiger partial charge on any atom is -0.394 e. The fourth-order valence-electron chi connectivity index (χ4n) is 3.32. The molecule has 2 aromatic rings. The van der Waals surface area contributed by atoms with Gasteiger partial charge in [-0.3, -0.25) is 4.57 Å². The maximum atomic E-state index is 9.64. The summed E-state index contributed by atoms with van der Waals surface area (Å²) in [6.07, 6.45) is 3.01. The summed E-state index contributed by atoms with van der Waals surface area (Å²) in [5.74, 6) is -0.267. The van der Waals surface area contributed by atoms with Crippen molar-refractivity contribution in [2.45, 2.75) is 44.2 Å². The van der Waals surface area contributed by atoms with Crippen LogP contribution in [-0.4, -0.2) is 80.7 Å². The van der Waals surface area contributed by atoms with E-state index in [9.17, 15) is 5.11 Å².